The summed E-state index contributed by atoms with van der Waals surface area (Å²) in [6.07, 6.45) is 2.52. The molecule has 0 unspecified atom stereocenters. The Kier molecular flexibility index (Phi) is 7.11. The van der Waals surface area contributed by atoms with Crippen LogP contribution in [0.25, 0.3) is 0 Å². The number of hydrogen-bond acceptors (Lipinski definition) is 4. The molecule has 2 rings (SSSR count). The molecule has 2 aromatic rings. The fraction of sp³-hybridized carbons (Fsp3) is 0.222. The maximum atomic E-state index is 11.7. The number of nitrogens with zero attached hydrogens (tertiary/aromatic N) is 1. The van der Waals surface area contributed by atoms with Crippen molar-refractivity contribution in [3.8, 4) is 11.5 Å². The van der Waals surface area contributed by atoms with Crippen LogP contribution in [0.15, 0.2) is 53.6 Å². The first-order chi connectivity index (χ1) is 11.7. The highest BCUT2D eigenvalue weighted by molar-refractivity contribution is 6.30. The van der Waals surface area contributed by atoms with E-state index in [1.807, 2.05) is 24.3 Å². The van der Waals surface area contributed by atoms with E-state index in [4.69, 9.17) is 21.1 Å². The van der Waals surface area contributed by atoms with Gasteiger partial charge in [0.25, 0.3) is 5.91 Å². The van der Waals surface area contributed by atoms with E-state index in [9.17, 15) is 4.79 Å². The largest absolute Gasteiger partial charge is 0.494 e. The maximum absolute atomic E-state index is 11.7. The number of rotatable bonds is 8. The topological polar surface area (TPSA) is 59.9 Å². The first-order valence-corrected chi connectivity index (χ1v) is 7.98. The minimum atomic E-state index is -0.353. The molecule has 2 aromatic carbocycles. The van der Waals surface area contributed by atoms with Crippen molar-refractivity contribution in [3.05, 3.63) is 59.1 Å². The number of ether oxygens (including phenoxy) is 2. The lowest BCUT2D eigenvalue weighted by atomic mass is 10.2. The third kappa shape index (κ3) is 6.30. The molecular weight excluding hydrogens is 328 g/mol. The number of hydrogen-bond donors (Lipinski definition) is 1. The number of nitrogens with one attached hydrogen (secondary N) is 1. The zero-order valence-corrected chi connectivity index (χ0v) is 14.1. The van der Waals surface area contributed by atoms with Gasteiger partial charge in [0.05, 0.1) is 12.8 Å². The Morgan fingerprint density at radius 2 is 1.96 bits per heavy atom. The van der Waals surface area contributed by atoms with Gasteiger partial charge >= 0.3 is 0 Å². The molecule has 0 aliphatic rings. The molecule has 5 nitrogen and oxygen atoms in total. The number of hydrazone groups is 1. The Bertz CT molecular complexity index is 687. The zero-order chi connectivity index (χ0) is 17.2. The smallest absolute Gasteiger partial charge is 0.277 e. The first-order valence-electron chi connectivity index (χ1n) is 7.60. The van der Waals surface area contributed by atoms with E-state index < -0.39 is 0 Å². The van der Waals surface area contributed by atoms with Crippen LogP contribution in [0.2, 0.25) is 5.02 Å². The molecule has 24 heavy (non-hydrogen) atoms. The van der Waals surface area contributed by atoms with Crippen molar-refractivity contribution in [2.75, 3.05) is 13.2 Å². The second-order valence-corrected chi connectivity index (χ2v) is 5.39. The third-order valence-electron chi connectivity index (χ3n) is 2.92. The second kappa shape index (κ2) is 9.57. The van der Waals surface area contributed by atoms with Crippen molar-refractivity contribution in [2.45, 2.75) is 13.3 Å². The Labute approximate surface area is 146 Å². The molecule has 0 spiro atoms. The standard InChI is InChI=1S/C18H19ClN2O3/c1-2-10-23-16-8-6-14(7-9-16)12-20-21-18(22)13-24-17-5-3-4-15(19)11-17/h3-9,11-12H,2,10,13H2,1H3,(H,21,22)/b20-12+. The summed E-state index contributed by atoms with van der Waals surface area (Å²) in [5, 5.41) is 4.44. The molecule has 0 fully saturated rings. The summed E-state index contributed by atoms with van der Waals surface area (Å²) < 4.78 is 10.8. The lowest BCUT2D eigenvalue weighted by molar-refractivity contribution is -0.123. The van der Waals surface area contributed by atoms with E-state index in [1.165, 1.54) is 0 Å². The molecule has 126 valence electrons. The maximum Gasteiger partial charge on any atom is 0.277 e. The van der Waals surface area contributed by atoms with Crippen molar-refractivity contribution in [1.29, 1.82) is 0 Å². The van der Waals surface area contributed by atoms with E-state index in [2.05, 4.69) is 17.5 Å². The normalized spacial score (nSPS) is 10.6. The van der Waals surface area contributed by atoms with Gasteiger partial charge in [0, 0.05) is 5.02 Å². The monoisotopic (exact) mass is 346 g/mol. The van der Waals surface area contributed by atoms with Gasteiger partial charge in [-0.2, -0.15) is 5.10 Å². The summed E-state index contributed by atoms with van der Waals surface area (Å²) in [5.74, 6) is 0.992. The van der Waals surface area contributed by atoms with Crippen molar-refractivity contribution in [3.63, 3.8) is 0 Å². The highest BCUT2D eigenvalue weighted by Gasteiger charge is 2.01. The van der Waals surface area contributed by atoms with Gasteiger partial charge in [0.15, 0.2) is 6.61 Å². The zero-order valence-electron chi connectivity index (χ0n) is 13.4. The van der Waals surface area contributed by atoms with Crippen LogP contribution in [0.4, 0.5) is 0 Å². The van der Waals surface area contributed by atoms with Gasteiger partial charge in [-0.3, -0.25) is 4.79 Å². The van der Waals surface area contributed by atoms with Gasteiger partial charge in [0.1, 0.15) is 11.5 Å². The molecule has 6 heteroatoms. The fourth-order valence-electron chi connectivity index (χ4n) is 1.79. The van der Waals surface area contributed by atoms with Crippen LogP contribution in [0.5, 0.6) is 11.5 Å². The SMILES string of the molecule is CCCOc1ccc(/C=N/NC(=O)COc2cccc(Cl)c2)cc1. The molecule has 1 amide bonds. The predicted octanol–water partition coefficient (Wildman–Crippen LogP) is 3.66. The summed E-state index contributed by atoms with van der Waals surface area (Å²) in [7, 11) is 0. The van der Waals surface area contributed by atoms with Crippen LogP contribution < -0.4 is 14.9 Å². The van der Waals surface area contributed by atoms with Crippen molar-refractivity contribution >= 4 is 23.7 Å². The minimum absolute atomic E-state index is 0.137. The van der Waals surface area contributed by atoms with E-state index in [1.54, 1.807) is 30.5 Å². The van der Waals surface area contributed by atoms with Crippen molar-refractivity contribution < 1.29 is 14.3 Å². The molecule has 0 bridgehead atoms. The van der Waals surface area contributed by atoms with Gasteiger partial charge < -0.3 is 9.47 Å². The predicted molar refractivity (Wildman–Crippen MR) is 94.9 cm³/mol. The molecule has 0 heterocycles. The van der Waals surface area contributed by atoms with Gasteiger partial charge in [-0.25, -0.2) is 5.43 Å². The number of benzene rings is 2. The molecule has 0 radical (unpaired) electrons. The summed E-state index contributed by atoms with van der Waals surface area (Å²) in [6.45, 7) is 2.61. The molecule has 0 aromatic heterocycles. The van der Waals surface area contributed by atoms with Gasteiger partial charge in [-0.15, -0.1) is 0 Å². The number of carbonyl (C=O) groups is 1. The Hall–Kier alpha value is -2.53. The van der Waals surface area contributed by atoms with E-state index >= 15 is 0 Å². The van der Waals surface area contributed by atoms with Crippen LogP contribution in [0, 0.1) is 0 Å². The van der Waals surface area contributed by atoms with Crippen LogP contribution in [0.3, 0.4) is 0 Å². The molecule has 1 N–H and O–H groups in total. The average Bonchev–Trinajstić information content (AvgIpc) is 2.59. The summed E-state index contributed by atoms with van der Waals surface area (Å²) in [6, 6.07) is 14.3. The molecule has 0 saturated carbocycles. The molecule has 0 aliphatic heterocycles. The van der Waals surface area contributed by atoms with Crippen molar-refractivity contribution in [2.24, 2.45) is 5.10 Å². The van der Waals surface area contributed by atoms with Crippen molar-refractivity contribution in [1.82, 2.24) is 5.43 Å². The molecular formula is C18H19ClN2O3. The fourth-order valence-corrected chi connectivity index (χ4v) is 1.97. The lowest BCUT2D eigenvalue weighted by Gasteiger charge is -2.05. The summed E-state index contributed by atoms with van der Waals surface area (Å²) in [4.78, 5) is 11.7. The Morgan fingerprint density at radius 1 is 1.17 bits per heavy atom. The molecule has 0 aliphatic carbocycles. The van der Waals surface area contributed by atoms with Crippen LogP contribution in [-0.2, 0) is 4.79 Å². The highest BCUT2D eigenvalue weighted by Crippen LogP contribution is 2.16. The number of carbonyl (C=O) groups excluding carboxylic acids is 1. The third-order valence-corrected chi connectivity index (χ3v) is 3.16. The van der Waals surface area contributed by atoms with E-state index in [-0.39, 0.29) is 12.5 Å². The van der Waals surface area contributed by atoms with Gasteiger partial charge in [-0.05, 0) is 54.4 Å². The minimum Gasteiger partial charge on any atom is -0.494 e. The quantitative estimate of drug-likeness (QED) is 0.586. The summed E-state index contributed by atoms with van der Waals surface area (Å²) in [5.41, 5.74) is 3.26. The van der Waals surface area contributed by atoms with Crippen LogP contribution >= 0.6 is 11.6 Å². The molecule has 0 atom stereocenters. The molecule has 0 saturated heterocycles. The van der Waals surface area contributed by atoms with E-state index in [0.29, 0.717) is 17.4 Å². The summed E-state index contributed by atoms with van der Waals surface area (Å²) >= 11 is 5.84. The Morgan fingerprint density at radius 3 is 2.67 bits per heavy atom. The van der Waals surface area contributed by atoms with Gasteiger partial charge in [-0.1, -0.05) is 24.6 Å². The average molecular weight is 347 g/mol. The Balaban J connectivity index is 1.75. The highest BCUT2D eigenvalue weighted by atomic mass is 35.5. The number of amides is 1. The first kappa shape index (κ1) is 17.8. The second-order valence-electron chi connectivity index (χ2n) is 4.96. The van der Waals surface area contributed by atoms with E-state index in [0.717, 1.165) is 17.7 Å². The lowest BCUT2D eigenvalue weighted by Crippen LogP contribution is -2.24. The van der Waals surface area contributed by atoms with Crippen LogP contribution in [-0.4, -0.2) is 25.3 Å². The van der Waals surface area contributed by atoms with Crippen LogP contribution in [0.1, 0.15) is 18.9 Å². The number of halogens is 1. The van der Waals surface area contributed by atoms with Gasteiger partial charge in [0.2, 0.25) is 0 Å².